The summed E-state index contributed by atoms with van der Waals surface area (Å²) in [6, 6.07) is 2.47. The molecule has 130 valence electrons. The fourth-order valence-corrected chi connectivity index (χ4v) is 3.40. The molecule has 0 spiro atoms. The van der Waals surface area contributed by atoms with E-state index in [4.69, 9.17) is 0 Å². The highest BCUT2D eigenvalue weighted by Crippen LogP contribution is 2.35. The lowest BCUT2D eigenvalue weighted by Crippen LogP contribution is -2.12. The van der Waals surface area contributed by atoms with Crippen LogP contribution < -0.4 is 0 Å². The Hall–Kier alpha value is -2.16. The number of benzene rings is 1. The van der Waals surface area contributed by atoms with Crippen molar-refractivity contribution in [2.75, 3.05) is 5.75 Å². The number of hydrogen-bond donors (Lipinski definition) is 0. The number of hydrogen-bond acceptors (Lipinski definition) is 4. The number of sulfone groups is 1. The molecule has 0 bridgehead atoms. The molecular formula is C15H15F3N2O3S. The van der Waals surface area contributed by atoms with Crippen molar-refractivity contribution in [1.29, 1.82) is 0 Å². The third-order valence-electron chi connectivity index (χ3n) is 3.61. The van der Waals surface area contributed by atoms with Crippen LogP contribution in [0.2, 0.25) is 0 Å². The van der Waals surface area contributed by atoms with Gasteiger partial charge in [-0.3, -0.25) is 4.79 Å². The monoisotopic (exact) mass is 360 g/mol. The van der Waals surface area contributed by atoms with Gasteiger partial charge in [-0.25, -0.2) is 13.4 Å². The third-order valence-corrected chi connectivity index (χ3v) is 5.38. The molecule has 0 amide bonds. The van der Waals surface area contributed by atoms with Crippen LogP contribution in [-0.4, -0.2) is 29.5 Å². The Balaban J connectivity index is 2.78. The molecule has 0 saturated carbocycles. The summed E-state index contributed by atoms with van der Waals surface area (Å²) in [6.07, 6.45) is -3.40. The summed E-state index contributed by atoms with van der Waals surface area (Å²) in [4.78, 5) is 15.1. The van der Waals surface area contributed by atoms with E-state index in [9.17, 15) is 26.4 Å². The van der Waals surface area contributed by atoms with Crippen molar-refractivity contribution in [2.24, 2.45) is 7.05 Å². The average Bonchev–Trinajstić information content (AvgIpc) is 2.87. The molecule has 0 saturated heterocycles. The molecule has 0 atom stereocenters. The average molecular weight is 360 g/mol. The molecule has 2 aromatic rings. The van der Waals surface area contributed by atoms with E-state index in [1.165, 1.54) is 31.7 Å². The van der Waals surface area contributed by atoms with Gasteiger partial charge in [0.1, 0.15) is 11.5 Å². The van der Waals surface area contributed by atoms with Crippen LogP contribution in [0.3, 0.4) is 0 Å². The van der Waals surface area contributed by atoms with Crippen molar-refractivity contribution in [3.8, 4) is 11.4 Å². The van der Waals surface area contributed by atoms with E-state index in [1.807, 2.05) is 0 Å². The van der Waals surface area contributed by atoms with Gasteiger partial charge in [-0.05, 0) is 18.2 Å². The van der Waals surface area contributed by atoms with Crippen LogP contribution in [0.15, 0.2) is 29.3 Å². The highest BCUT2D eigenvalue weighted by Gasteiger charge is 2.33. The predicted octanol–water partition coefficient (Wildman–Crippen LogP) is 3.10. The first kappa shape index (κ1) is 18.2. The number of carbonyl (C=O) groups excluding carboxylic acids is 1. The number of carbonyl (C=O) groups is 1. The number of imidazole rings is 1. The van der Waals surface area contributed by atoms with Gasteiger partial charge in [0.15, 0.2) is 15.6 Å². The minimum atomic E-state index is -4.66. The second-order valence-electron chi connectivity index (χ2n) is 5.19. The highest BCUT2D eigenvalue weighted by molar-refractivity contribution is 7.91. The van der Waals surface area contributed by atoms with Gasteiger partial charge < -0.3 is 4.57 Å². The normalized spacial score (nSPS) is 12.4. The maximum atomic E-state index is 12.9. The molecule has 2 rings (SSSR count). The number of ketones is 1. The Kier molecular flexibility index (Phi) is 4.58. The highest BCUT2D eigenvalue weighted by atomic mass is 32.2. The van der Waals surface area contributed by atoms with Crippen LogP contribution >= 0.6 is 0 Å². The van der Waals surface area contributed by atoms with Crippen LogP contribution in [0, 0.1) is 0 Å². The fraction of sp³-hybridized carbons (Fsp3) is 0.333. The molecule has 0 unspecified atom stereocenters. The van der Waals surface area contributed by atoms with Crippen LogP contribution in [0.1, 0.15) is 29.9 Å². The summed E-state index contributed by atoms with van der Waals surface area (Å²) in [5, 5.41) is 0. The fourth-order valence-electron chi connectivity index (χ4n) is 2.28. The lowest BCUT2D eigenvalue weighted by molar-refractivity contribution is -0.137. The maximum absolute atomic E-state index is 12.9. The van der Waals surface area contributed by atoms with Crippen LogP contribution in [0.4, 0.5) is 13.2 Å². The van der Waals surface area contributed by atoms with E-state index in [-0.39, 0.29) is 28.6 Å². The maximum Gasteiger partial charge on any atom is 0.416 e. The third kappa shape index (κ3) is 3.21. The Labute approximate surface area is 137 Å². The van der Waals surface area contributed by atoms with Crippen molar-refractivity contribution in [3.63, 3.8) is 0 Å². The zero-order chi connectivity index (χ0) is 18.3. The lowest BCUT2D eigenvalue weighted by Gasteiger charge is -2.14. The van der Waals surface area contributed by atoms with Crippen LogP contribution in [-0.2, 0) is 23.1 Å². The number of halogens is 3. The Bertz CT molecular complexity index is 899. The quantitative estimate of drug-likeness (QED) is 0.786. The van der Waals surface area contributed by atoms with Crippen LogP contribution in [0.25, 0.3) is 11.4 Å². The molecule has 1 aromatic carbocycles. The molecule has 0 aliphatic rings. The summed E-state index contributed by atoms with van der Waals surface area (Å²) in [5.74, 6) is -0.533. The molecule has 1 heterocycles. The number of nitrogens with zero attached hydrogens (tertiary/aromatic N) is 2. The van der Waals surface area contributed by atoms with E-state index in [0.29, 0.717) is 6.07 Å². The molecule has 0 fully saturated rings. The van der Waals surface area contributed by atoms with E-state index in [0.717, 1.165) is 12.1 Å². The largest absolute Gasteiger partial charge is 0.416 e. The number of aromatic nitrogens is 2. The molecular weight excluding hydrogens is 345 g/mol. The summed E-state index contributed by atoms with van der Waals surface area (Å²) in [6.45, 7) is 2.66. The first-order valence-electron chi connectivity index (χ1n) is 6.96. The van der Waals surface area contributed by atoms with E-state index in [2.05, 4.69) is 4.98 Å². The molecule has 0 aliphatic carbocycles. The lowest BCUT2D eigenvalue weighted by atomic mass is 10.1. The Morgan fingerprint density at radius 1 is 1.29 bits per heavy atom. The van der Waals surface area contributed by atoms with Gasteiger partial charge in [-0.1, -0.05) is 6.92 Å². The molecule has 0 radical (unpaired) electrons. The van der Waals surface area contributed by atoms with E-state index >= 15 is 0 Å². The number of alkyl halides is 3. The standard InChI is InChI=1S/C15H15F3N2O3S/c1-4-24(22,23)13-7-10(15(16,17)18)5-6-11(13)14-19-8-12(9(2)21)20(14)3/h5-8H,4H2,1-3H3. The van der Waals surface area contributed by atoms with Gasteiger partial charge >= 0.3 is 6.18 Å². The van der Waals surface area contributed by atoms with Gasteiger partial charge in [-0.15, -0.1) is 0 Å². The van der Waals surface area contributed by atoms with E-state index < -0.39 is 26.5 Å². The van der Waals surface area contributed by atoms with Gasteiger partial charge in [0.2, 0.25) is 0 Å². The van der Waals surface area contributed by atoms with Gasteiger partial charge in [0, 0.05) is 19.5 Å². The SMILES string of the molecule is CCS(=O)(=O)c1cc(C(F)(F)F)ccc1-c1ncc(C(C)=O)n1C. The smallest absolute Gasteiger partial charge is 0.325 e. The predicted molar refractivity (Wildman–Crippen MR) is 81.4 cm³/mol. The Morgan fingerprint density at radius 3 is 2.38 bits per heavy atom. The minimum absolute atomic E-state index is 0.0276. The molecule has 0 N–H and O–H groups in total. The topological polar surface area (TPSA) is 69.0 Å². The van der Waals surface area contributed by atoms with Crippen molar-refractivity contribution >= 4 is 15.6 Å². The van der Waals surface area contributed by atoms with Crippen molar-refractivity contribution < 1.29 is 26.4 Å². The van der Waals surface area contributed by atoms with Crippen molar-refractivity contribution in [1.82, 2.24) is 9.55 Å². The summed E-state index contributed by atoms with van der Waals surface area (Å²) in [7, 11) is -2.43. The first-order chi connectivity index (χ1) is 11.0. The van der Waals surface area contributed by atoms with Crippen molar-refractivity contribution in [3.05, 3.63) is 35.7 Å². The number of rotatable bonds is 4. The molecule has 1 aromatic heterocycles. The number of Topliss-reactive ketones (excluding diaryl/α,β-unsaturated/α-hetero) is 1. The molecule has 0 aliphatic heterocycles. The first-order valence-corrected chi connectivity index (χ1v) is 8.61. The molecule has 9 heteroatoms. The van der Waals surface area contributed by atoms with Gasteiger partial charge in [0.25, 0.3) is 0 Å². The molecule has 5 nitrogen and oxygen atoms in total. The summed E-state index contributed by atoms with van der Waals surface area (Å²) < 4.78 is 64.6. The van der Waals surface area contributed by atoms with Crippen molar-refractivity contribution in [2.45, 2.75) is 24.9 Å². The summed E-state index contributed by atoms with van der Waals surface area (Å²) in [5.41, 5.74) is -0.802. The second kappa shape index (κ2) is 6.04. The zero-order valence-electron chi connectivity index (χ0n) is 13.2. The summed E-state index contributed by atoms with van der Waals surface area (Å²) >= 11 is 0. The Morgan fingerprint density at radius 2 is 1.92 bits per heavy atom. The van der Waals surface area contributed by atoms with E-state index in [1.54, 1.807) is 0 Å². The minimum Gasteiger partial charge on any atom is -0.325 e. The zero-order valence-corrected chi connectivity index (χ0v) is 14.0. The van der Waals surface area contributed by atoms with Gasteiger partial charge in [-0.2, -0.15) is 13.2 Å². The second-order valence-corrected chi connectivity index (χ2v) is 7.44. The molecule has 24 heavy (non-hydrogen) atoms. The van der Waals surface area contributed by atoms with Gasteiger partial charge in [0.05, 0.1) is 22.4 Å². The van der Waals surface area contributed by atoms with Crippen LogP contribution in [0.5, 0.6) is 0 Å².